The van der Waals surface area contributed by atoms with Crippen molar-refractivity contribution in [1.82, 2.24) is 14.8 Å². The van der Waals surface area contributed by atoms with Gasteiger partial charge in [0.15, 0.2) is 0 Å². The van der Waals surface area contributed by atoms with Crippen LogP contribution in [0.25, 0.3) is 0 Å². The Morgan fingerprint density at radius 1 is 1.41 bits per heavy atom. The maximum absolute atomic E-state index is 6.03. The topological polar surface area (TPSA) is 56.7 Å². The summed E-state index contributed by atoms with van der Waals surface area (Å²) in [5.41, 5.74) is 6.83. The fourth-order valence-electron chi connectivity index (χ4n) is 2.39. The minimum Gasteiger partial charge on any atom is -0.366 e. The number of aryl methyl sites for hydroxylation is 1. The summed E-state index contributed by atoms with van der Waals surface area (Å²) in [6.07, 6.45) is 3.10. The molecule has 0 amide bonds. The van der Waals surface area contributed by atoms with Gasteiger partial charge in [-0.25, -0.2) is 4.68 Å². The molecule has 1 aliphatic heterocycles. The van der Waals surface area contributed by atoms with Crippen LogP contribution in [0.15, 0.2) is 24.3 Å². The number of halogens is 1. The lowest BCUT2D eigenvalue weighted by atomic mass is 9.98. The predicted molar refractivity (Wildman–Crippen MR) is 67.0 cm³/mol. The number of benzene rings is 1. The number of fused-ring (bicyclic) bond motifs is 1. The fourth-order valence-corrected chi connectivity index (χ4v) is 2.59. The third-order valence-electron chi connectivity index (χ3n) is 3.12. The predicted octanol–water partition coefficient (Wildman–Crippen LogP) is 2.44. The van der Waals surface area contributed by atoms with E-state index in [1.165, 1.54) is 5.56 Å². The van der Waals surface area contributed by atoms with Gasteiger partial charge < -0.3 is 5.73 Å². The molecule has 1 atom stereocenters. The number of hydrogen-bond acceptors (Lipinski definition) is 3. The Hall–Kier alpha value is -1.55. The van der Waals surface area contributed by atoms with Crippen molar-refractivity contribution in [2.24, 2.45) is 0 Å². The number of anilines is 1. The molecular formula is C12H13ClN4. The molecule has 2 heterocycles. The first-order chi connectivity index (χ1) is 8.24. The van der Waals surface area contributed by atoms with E-state index in [1.54, 1.807) is 0 Å². The van der Waals surface area contributed by atoms with E-state index >= 15 is 0 Å². The van der Waals surface area contributed by atoms with E-state index in [2.05, 4.69) is 16.1 Å². The molecule has 1 aromatic heterocycles. The van der Waals surface area contributed by atoms with Crippen LogP contribution >= 0.6 is 11.6 Å². The van der Waals surface area contributed by atoms with Crippen molar-refractivity contribution in [3.63, 3.8) is 0 Å². The van der Waals surface area contributed by atoms with Crippen LogP contribution in [-0.4, -0.2) is 14.8 Å². The highest BCUT2D eigenvalue weighted by molar-refractivity contribution is 6.30. The molecule has 0 radical (unpaired) electrons. The van der Waals surface area contributed by atoms with E-state index in [9.17, 15) is 0 Å². The summed E-state index contributed by atoms with van der Waals surface area (Å²) in [7, 11) is 0. The first-order valence-electron chi connectivity index (χ1n) is 5.70. The van der Waals surface area contributed by atoms with Crippen LogP contribution < -0.4 is 5.73 Å². The van der Waals surface area contributed by atoms with Crippen molar-refractivity contribution in [1.29, 1.82) is 0 Å². The van der Waals surface area contributed by atoms with Gasteiger partial charge in [-0.3, -0.25) is 0 Å². The molecule has 1 aromatic carbocycles. The van der Waals surface area contributed by atoms with Crippen molar-refractivity contribution < 1.29 is 0 Å². The van der Waals surface area contributed by atoms with Crippen LogP contribution in [0.3, 0.4) is 0 Å². The molecule has 2 aromatic rings. The molecule has 1 aliphatic rings. The van der Waals surface area contributed by atoms with Gasteiger partial charge in [-0.15, -0.1) is 5.10 Å². The van der Waals surface area contributed by atoms with Crippen molar-refractivity contribution in [2.75, 3.05) is 5.73 Å². The molecule has 1 unspecified atom stereocenters. The number of nitrogens with two attached hydrogens (primary N) is 1. The smallest absolute Gasteiger partial charge is 0.239 e. The Bertz CT molecular complexity index is 549. The van der Waals surface area contributed by atoms with Gasteiger partial charge in [-0.1, -0.05) is 23.7 Å². The summed E-state index contributed by atoms with van der Waals surface area (Å²) in [5.74, 6) is 1.33. The van der Waals surface area contributed by atoms with Crippen molar-refractivity contribution in [3.05, 3.63) is 40.7 Å². The van der Waals surface area contributed by atoms with E-state index in [-0.39, 0.29) is 6.04 Å². The highest BCUT2D eigenvalue weighted by Crippen LogP contribution is 2.30. The first kappa shape index (κ1) is 10.6. The largest absolute Gasteiger partial charge is 0.366 e. The molecule has 0 spiro atoms. The minimum atomic E-state index is 0.210. The van der Waals surface area contributed by atoms with E-state index < -0.39 is 0 Å². The van der Waals surface area contributed by atoms with Crippen LogP contribution in [-0.2, 0) is 6.42 Å². The van der Waals surface area contributed by atoms with Gasteiger partial charge >= 0.3 is 0 Å². The Morgan fingerprint density at radius 2 is 2.29 bits per heavy atom. The summed E-state index contributed by atoms with van der Waals surface area (Å²) in [5, 5.41) is 5.03. The van der Waals surface area contributed by atoms with E-state index in [0.29, 0.717) is 5.95 Å². The highest BCUT2D eigenvalue weighted by atomic mass is 35.5. The third kappa shape index (κ3) is 1.89. The quantitative estimate of drug-likeness (QED) is 0.843. The summed E-state index contributed by atoms with van der Waals surface area (Å²) < 4.78 is 1.94. The second kappa shape index (κ2) is 4.04. The summed E-state index contributed by atoms with van der Waals surface area (Å²) in [6.45, 7) is 0. The number of hydrogen-bond donors (Lipinski definition) is 1. The van der Waals surface area contributed by atoms with E-state index in [4.69, 9.17) is 17.3 Å². The summed E-state index contributed by atoms with van der Waals surface area (Å²) in [6, 6.07) is 8.11. The zero-order valence-electron chi connectivity index (χ0n) is 9.31. The van der Waals surface area contributed by atoms with Crippen LogP contribution in [0.4, 0.5) is 5.95 Å². The molecule has 0 aliphatic carbocycles. The SMILES string of the molecule is Nc1nc2n(n1)C(c1cccc(Cl)c1)CCC2. The number of nitrogen functional groups attached to an aromatic ring is 1. The zero-order chi connectivity index (χ0) is 11.8. The summed E-state index contributed by atoms with van der Waals surface area (Å²) in [4.78, 5) is 4.25. The molecule has 2 N–H and O–H groups in total. The molecule has 0 saturated carbocycles. The second-order valence-corrected chi connectivity index (χ2v) is 4.73. The van der Waals surface area contributed by atoms with Gasteiger partial charge in [0.05, 0.1) is 6.04 Å². The van der Waals surface area contributed by atoms with Gasteiger partial charge in [0, 0.05) is 11.4 Å². The molecular weight excluding hydrogens is 236 g/mol. The Balaban J connectivity index is 2.05. The Labute approximate surface area is 104 Å². The summed E-state index contributed by atoms with van der Waals surface area (Å²) >= 11 is 6.03. The normalized spacial score (nSPS) is 19.0. The van der Waals surface area contributed by atoms with Crippen LogP contribution in [0, 0.1) is 0 Å². The Morgan fingerprint density at radius 3 is 3.12 bits per heavy atom. The standard InChI is InChI=1S/C12H13ClN4/c13-9-4-1-3-8(7-9)10-5-2-6-11-15-12(14)16-17(10)11/h1,3-4,7,10H,2,5-6H2,(H2,14,16). The molecule has 88 valence electrons. The third-order valence-corrected chi connectivity index (χ3v) is 3.36. The van der Waals surface area contributed by atoms with Crippen molar-refractivity contribution >= 4 is 17.5 Å². The highest BCUT2D eigenvalue weighted by Gasteiger charge is 2.23. The fraction of sp³-hybridized carbons (Fsp3) is 0.333. The number of aromatic nitrogens is 3. The average Bonchev–Trinajstić information content (AvgIpc) is 2.68. The lowest BCUT2D eigenvalue weighted by Gasteiger charge is -2.23. The monoisotopic (exact) mass is 248 g/mol. The molecule has 17 heavy (non-hydrogen) atoms. The van der Waals surface area contributed by atoms with Crippen LogP contribution in [0.5, 0.6) is 0 Å². The number of nitrogens with zero attached hydrogens (tertiary/aromatic N) is 3. The van der Waals surface area contributed by atoms with Gasteiger partial charge in [0.2, 0.25) is 5.95 Å². The van der Waals surface area contributed by atoms with Gasteiger partial charge in [0.25, 0.3) is 0 Å². The maximum atomic E-state index is 6.03. The van der Waals surface area contributed by atoms with Crippen molar-refractivity contribution in [3.8, 4) is 0 Å². The molecule has 3 rings (SSSR count). The molecule has 5 heteroatoms. The molecule has 0 saturated heterocycles. The van der Waals surface area contributed by atoms with Gasteiger partial charge in [-0.05, 0) is 30.5 Å². The van der Waals surface area contributed by atoms with E-state index in [0.717, 1.165) is 30.1 Å². The van der Waals surface area contributed by atoms with Crippen molar-refractivity contribution in [2.45, 2.75) is 25.3 Å². The van der Waals surface area contributed by atoms with Gasteiger partial charge in [0.1, 0.15) is 5.82 Å². The molecule has 0 bridgehead atoms. The van der Waals surface area contributed by atoms with Crippen LogP contribution in [0.1, 0.15) is 30.3 Å². The minimum absolute atomic E-state index is 0.210. The zero-order valence-corrected chi connectivity index (χ0v) is 10.1. The Kier molecular flexibility index (Phi) is 2.52. The first-order valence-corrected chi connectivity index (χ1v) is 6.08. The lowest BCUT2D eigenvalue weighted by molar-refractivity contribution is 0.413. The van der Waals surface area contributed by atoms with Crippen LogP contribution in [0.2, 0.25) is 5.02 Å². The molecule has 4 nitrogen and oxygen atoms in total. The second-order valence-electron chi connectivity index (χ2n) is 4.29. The average molecular weight is 249 g/mol. The number of rotatable bonds is 1. The molecule has 0 fully saturated rings. The maximum Gasteiger partial charge on any atom is 0.239 e. The van der Waals surface area contributed by atoms with E-state index in [1.807, 2.05) is 22.9 Å². The van der Waals surface area contributed by atoms with Gasteiger partial charge in [-0.2, -0.15) is 4.98 Å². The lowest BCUT2D eigenvalue weighted by Crippen LogP contribution is -2.20.